The highest BCUT2D eigenvalue weighted by molar-refractivity contribution is 6.08. The van der Waals surface area contributed by atoms with Gasteiger partial charge in [0.05, 0.1) is 5.56 Å². The van der Waals surface area contributed by atoms with E-state index in [1.165, 1.54) is 12.1 Å². The highest BCUT2D eigenvalue weighted by Crippen LogP contribution is 2.34. The quantitative estimate of drug-likeness (QED) is 0.856. The highest BCUT2D eigenvalue weighted by Gasteiger charge is 2.30. The van der Waals surface area contributed by atoms with Crippen molar-refractivity contribution < 1.29 is 13.2 Å². The number of hydrogen-bond acceptors (Lipinski definition) is 4. The first-order chi connectivity index (χ1) is 13.3. The van der Waals surface area contributed by atoms with Crippen LogP contribution in [0.2, 0.25) is 0 Å². The van der Waals surface area contributed by atoms with Crippen molar-refractivity contribution in [2.24, 2.45) is 21.7 Å². The van der Waals surface area contributed by atoms with Crippen molar-refractivity contribution in [3.05, 3.63) is 41.5 Å². The summed E-state index contributed by atoms with van der Waals surface area (Å²) in [5, 5.41) is 6.61. The smallest absolute Gasteiger partial charge is 0.387 e. The summed E-state index contributed by atoms with van der Waals surface area (Å²) in [4.78, 5) is 6.69. The molecule has 0 bridgehead atoms. The van der Waals surface area contributed by atoms with Gasteiger partial charge in [0.15, 0.2) is 5.84 Å². The van der Waals surface area contributed by atoms with E-state index in [0.29, 0.717) is 18.1 Å². The van der Waals surface area contributed by atoms with Gasteiger partial charge in [0, 0.05) is 32.6 Å². The second kappa shape index (κ2) is 8.34. The van der Waals surface area contributed by atoms with Gasteiger partial charge in [-0.15, -0.1) is 0 Å². The van der Waals surface area contributed by atoms with E-state index in [1.54, 1.807) is 0 Å². The largest absolute Gasteiger partial charge is 0.416 e. The third-order valence-corrected chi connectivity index (χ3v) is 5.20. The number of alkyl halides is 3. The van der Waals surface area contributed by atoms with E-state index in [2.05, 4.69) is 22.0 Å². The molecule has 1 aromatic rings. The van der Waals surface area contributed by atoms with Crippen LogP contribution in [0.3, 0.4) is 0 Å². The number of amidine groups is 2. The SMILES string of the molecule is CCC1CC(N)=N/C(=N/N2CCN(C)CC2)C=C1c1ccc(C(F)(F)F)cc1. The highest BCUT2D eigenvalue weighted by atomic mass is 19.4. The number of rotatable bonds is 3. The molecule has 0 aliphatic carbocycles. The summed E-state index contributed by atoms with van der Waals surface area (Å²) in [6.45, 7) is 5.48. The van der Waals surface area contributed by atoms with Crippen molar-refractivity contribution in [1.29, 1.82) is 0 Å². The Kier molecular flexibility index (Phi) is 6.07. The van der Waals surface area contributed by atoms with E-state index in [0.717, 1.165) is 55.9 Å². The van der Waals surface area contributed by atoms with Crippen molar-refractivity contribution in [2.45, 2.75) is 25.9 Å². The van der Waals surface area contributed by atoms with Gasteiger partial charge in [-0.25, -0.2) is 4.99 Å². The molecule has 2 heterocycles. The first-order valence-electron chi connectivity index (χ1n) is 9.50. The molecule has 152 valence electrons. The monoisotopic (exact) mass is 393 g/mol. The number of hydrogen-bond donors (Lipinski definition) is 1. The van der Waals surface area contributed by atoms with Crippen LogP contribution in [0.1, 0.15) is 30.9 Å². The third-order valence-electron chi connectivity index (χ3n) is 5.20. The number of halogens is 3. The molecule has 2 aliphatic heterocycles. The molecule has 1 atom stereocenters. The molecule has 8 heteroatoms. The van der Waals surface area contributed by atoms with Crippen LogP contribution in [0.4, 0.5) is 13.2 Å². The van der Waals surface area contributed by atoms with E-state index >= 15 is 0 Å². The molecule has 28 heavy (non-hydrogen) atoms. The average molecular weight is 393 g/mol. The predicted molar refractivity (Wildman–Crippen MR) is 106 cm³/mol. The number of hydrazone groups is 1. The minimum atomic E-state index is -4.35. The van der Waals surface area contributed by atoms with Crippen LogP contribution in [0.25, 0.3) is 5.57 Å². The van der Waals surface area contributed by atoms with E-state index in [4.69, 9.17) is 5.73 Å². The van der Waals surface area contributed by atoms with Crippen molar-refractivity contribution in [3.63, 3.8) is 0 Å². The van der Waals surface area contributed by atoms with Gasteiger partial charge in [0.25, 0.3) is 0 Å². The Morgan fingerprint density at radius 3 is 2.36 bits per heavy atom. The van der Waals surface area contributed by atoms with Gasteiger partial charge in [0.1, 0.15) is 5.84 Å². The molecule has 5 nitrogen and oxygen atoms in total. The van der Waals surface area contributed by atoms with Crippen molar-refractivity contribution in [2.75, 3.05) is 33.2 Å². The molecular formula is C20H26F3N5. The maximum atomic E-state index is 12.9. The Bertz CT molecular complexity index is 772. The van der Waals surface area contributed by atoms with Gasteiger partial charge < -0.3 is 10.6 Å². The van der Waals surface area contributed by atoms with Gasteiger partial charge >= 0.3 is 6.18 Å². The van der Waals surface area contributed by atoms with Crippen LogP contribution in [-0.4, -0.2) is 54.8 Å². The van der Waals surface area contributed by atoms with Crippen LogP contribution in [0.15, 0.2) is 40.4 Å². The van der Waals surface area contributed by atoms with Gasteiger partial charge in [-0.05, 0) is 48.7 Å². The maximum absolute atomic E-state index is 12.9. The fourth-order valence-corrected chi connectivity index (χ4v) is 3.47. The van der Waals surface area contributed by atoms with E-state index in [-0.39, 0.29) is 5.92 Å². The maximum Gasteiger partial charge on any atom is 0.416 e. The molecule has 0 spiro atoms. The normalized spacial score (nSPS) is 23.4. The molecule has 1 unspecified atom stereocenters. The Labute approximate surface area is 163 Å². The number of likely N-dealkylation sites (N-methyl/N-ethyl adjacent to an activating group) is 1. The zero-order chi connectivity index (χ0) is 20.3. The number of nitrogens with zero attached hydrogens (tertiary/aromatic N) is 4. The third kappa shape index (κ3) is 4.92. The number of piperazine rings is 1. The fraction of sp³-hybridized carbons (Fsp3) is 0.500. The molecular weight excluding hydrogens is 367 g/mol. The van der Waals surface area contributed by atoms with Crippen LogP contribution in [0, 0.1) is 5.92 Å². The van der Waals surface area contributed by atoms with E-state index < -0.39 is 11.7 Å². The topological polar surface area (TPSA) is 57.2 Å². The molecule has 1 fully saturated rings. The molecule has 2 aliphatic rings. The van der Waals surface area contributed by atoms with E-state index in [1.807, 2.05) is 18.0 Å². The Morgan fingerprint density at radius 1 is 1.14 bits per heavy atom. The molecule has 3 rings (SSSR count). The van der Waals surface area contributed by atoms with Crippen molar-refractivity contribution in [1.82, 2.24) is 9.91 Å². The molecule has 0 radical (unpaired) electrons. The van der Waals surface area contributed by atoms with E-state index in [9.17, 15) is 13.2 Å². The zero-order valence-corrected chi connectivity index (χ0v) is 16.2. The Hall–Kier alpha value is -2.35. The summed E-state index contributed by atoms with van der Waals surface area (Å²) < 4.78 is 38.7. The molecule has 1 saturated heterocycles. The molecule has 0 amide bonds. The average Bonchev–Trinajstić information content (AvgIpc) is 2.81. The molecule has 0 aromatic heterocycles. The second-order valence-corrected chi connectivity index (χ2v) is 7.30. The van der Waals surface area contributed by atoms with Gasteiger partial charge in [-0.1, -0.05) is 19.1 Å². The minimum absolute atomic E-state index is 0.0840. The minimum Gasteiger partial charge on any atom is -0.387 e. The summed E-state index contributed by atoms with van der Waals surface area (Å²) in [7, 11) is 2.07. The summed E-state index contributed by atoms with van der Waals surface area (Å²) in [5.41, 5.74) is 7.12. The number of benzene rings is 1. The fourth-order valence-electron chi connectivity index (χ4n) is 3.47. The second-order valence-electron chi connectivity index (χ2n) is 7.30. The standard InChI is InChI=1S/C20H26F3N5/c1-3-14-12-18(24)25-19(26-28-10-8-27(2)9-11-28)13-17(14)15-4-6-16(7-5-15)20(21,22)23/h4-7,13-14H,3,8-12H2,1-2H3,(H2,24,25,26). The van der Waals surface area contributed by atoms with Crippen LogP contribution in [-0.2, 0) is 6.18 Å². The Morgan fingerprint density at radius 2 is 1.79 bits per heavy atom. The van der Waals surface area contributed by atoms with Gasteiger partial charge in [-0.3, -0.25) is 5.01 Å². The van der Waals surface area contributed by atoms with Crippen LogP contribution < -0.4 is 5.73 Å². The van der Waals surface area contributed by atoms with Crippen LogP contribution in [0.5, 0.6) is 0 Å². The van der Waals surface area contributed by atoms with Gasteiger partial charge in [0.2, 0.25) is 0 Å². The molecule has 1 aromatic carbocycles. The van der Waals surface area contributed by atoms with Crippen molar-refractivity contribution >= 4 is 17.2 Å². The first-order valence-corrected chi connectivity index (χ1v) is 9.50. The number of allylic oxidation sites excluding steroid dienone is 1. The molecule has 0 saturated carbocycles. The molecule has 2 N–H and O–H groups in total. The lowest BCUT2D eigenvalue weighted by atomic mass is 9.87. The summed E-state index contributed by atoms with van der Waals surface area (Å²) in [6.07, 6.45) is -1.10. The summed E-state index contributed by atoms with van der Waals surface area (Å²) >= 11 is 0. The summed E-state index contributed by atoms with van der Waals surface area (Å²) in [6, 6.07) is 5.28. The van der Waals surface area contributed by atoms with Crippen LogP contribution >= 0.6 is 0 Å². The lowest BCUT2D eigenvalue weighted by Gasteiger charge is -2.30. The summed E-state index contributed by atoms with van der Waals surface area (Å²) in [5.74, 6) is 1.09. The lowest BCUT2D eigenvalue weighted by Crippen LogP contribution is -2.42. The van der Waals surface area contributed by atoms with Gasteiger partial charge in [-0.2, -0.15) is 18.3 Å². The predicted octanol–water partition coefficient (Wildman–Crippen LogP) is 3.44. The lowest BCUT2D eigenvalue weighted by molar-refractivity contribution is -0.137. The Balaban J connectivity index is 1.93. The zero-order valence-electron chi connectivity index (χ0n) is 16.2. The number of aliphatic imine (C=N–C) groups is 1. The number of nitrogens with two attached hydrogens (primary N) is 1. The first kappa shape index (κ1) is 20.4. The van der Waals surface area contributed by atoms with Crippen molar-refractivity contribution in [3.8, 4) is 0 Å².